The van der Waals surface area contributed by atoms with E-state index in [0.717, 1.165) is 0 Å². The van der Waals surface area contributed by atoms with E-state index in [0.29, 0.717) is 0 Å². The van der Waals surface area contributed by atoms with Crippen molar-refractivity contribution in [1.82, 2.24) is 8.55 Å². The standard InChI is InChI=1S/C18H13BrCl2FN3O5S/c1-2-16(27)25(21)31(28,29)24-15(26)7-11-3-4-14(19)18(17(11)22)30-13-6-10(9-23)5-12(20)8-13/h3-6,8H,2,7H2,1H3,(H,24,26). The van der Waals surface area contributed by atoms with Gasteiger partial charge in [0.25, 0.3) is 5.91 Å². The molecule has 0 bridgehead atoms. The molecule has 1 N–H and O–H groups in total. The van der Waals surface area contributed by atoms with Gasteiger partial charge in [-0.15, -0.1) is 3.82 Å². The number of rotatable bonds is 7. The number of nitrogens with one attached hydrogen (secondary N) is 1. The number of benzene rings is 2. The van der Waals surface area contributed by atoms with Gasteiger partial charge in [-0.25, -0.2) is 9.11 Å². The van der Waals surface area contributed by atoms with Gasteiger partial charge in [0, 0.05) is 28.8 Å². The summed E-state index contributed by atoms with van der Waals surface area (Å²) in [6.45, 7) is 1.38. The lowest BCUT2D eigenvalue weighted by atomic mass is 10.1. The van der Waals surface area contributed by atoms with Gasteiger partial charge in [-0.1, -0.05) is 24.6 Å². The SMILES string of the molecule is CCC(=O)N(Cl)S(=O)(=O)NC(=O)Cc1ccc(Br)c(Oc2cc(Cl)cc(C#N)c2)c1F. The largest absolute Gasteiger partial charge is 0.453 e. The minimum atomic E-state index is -4.64. The monoisotopic (exact) mass is 551 g/mol. The lowest BCUT2D eigenvalue weighted by Gasteiger charge is -2.15. The van der Waals surface area contributed by atoms with Crippen molar-refractivity contribution in [3.05, 3.63) is 56.8 Å². The Bertz CT molecular complexity index is 1190. The number of halogens is 4. The van der Waals surface area contributed by atoms with E-state index in [9.17, 15) is 22.4 Å². The lowest BCUT2D eigenvalue weighted by molar-refractivity contribution is -0.123. The van der Waals surface area contributed by atoms with Crippen molar-refractivity contribution in [2.75, 3.05) is 0 Å². The van der Waals surface area contributed by atoms with Crippen LogP contribution in [0.5, 0.6) is 11.5 Å². The molecule has 0 saturated carbocycles. The van der Waals surface area contributed by atoms with E-state index in [4.69, 9.17) is 33.4 Å². The highest BCUT2D eigenvalue weighted by Crippen LogP contribution is 2.35. The van der Waals surface area contributed by atoms with Gasteiger partial charge in [0.15, 0.2) is 11.6 Å². The predicted molar refractivity (Wildman–Crippen MR) is 114 cm³/mol. The van der Waals surface area contributed by atoms with Crippen LogP contribution in [0.2, 0.25) is 5.02 Å². The van der Waals surface area contributed by atoms with Crippen molar-refractivity contribution in [3.63, 3.8) is 0 Å². The molecule has 2 rings (SSSR count). The highest BCUT2D eigenvalue weighted by atomic mass is 79.9. The van der Waals surface area contributed by atoms with E-state index in [1.54, 1.807) is 4.72 Å². The summed E-state index contributed by atoms with van der Waals surface area (Å²) in [6.07, 6.45) is -0.906. The van der Waals surface area contributed by atoms with E-state index >= 15 is 0 Å². The number of ether oxygens (including phenoxy) is 1. The second-order valence-electron chi connectivity index (χ2n) is 5.91. The Balaban J connectivity index is 2.26. The van der Waals surface area contributed by atoms with E-state index in [-0.39, 0.29) is 42.4 Å². The van der Waals surface area contributed by atoms with Crippen molar-refractivity contribution in [2.24, 2.45) is 0 Å². The van der Waals surface area contributed by atoms with Crippen LogP contribution >= 0.6 is 39.3 Å². The van der Waals surface area contributed by atoms with Crippen molar-refractivity contribution < 1.29 is 27.1 Å². The van der Waals surface area contributed by atoms with Crippen molar-refractivity contribution in [1.29, 1.82) is 5.26 Å². The lowest BCUT2D eigenvalue weighted by Crippen LogP contribution is -2.42. The molecule has 164 valence electrons. The topological polar surface area (TPSA) is 117 Å². The molecular weight excluding hydrogens is 540 g/mol. The summed E-state index contributed by atoms with van der Waals surface area (Å²) in [7, 11) is -4.64. The van der Waals surface area contributed by atoms with Crippen molar-refractivity contribution in [2.45, 2.75) is 19.8 Å². The fourth-order valence-electron chi connectivity index (χ4n) is 2.26. The Labute approximate surface area is 195 Å². The first kappa shape index (κ1) is 24.9. The average molecular weight is 553 g/mol. The third-order valence-electron chi connectivity index (χ3n) is 3.65. The van der Waals surface area contributed by atoms with Crippen LogP contribution in [0.25, 0.3) is 0 Å². The maximum atomic E-state index is 15.0. The van der Waals surface area contributed by atoms with Crippen LogP contribution in [0.1, 0.15) is 24.5 Å². The molecule has 0 unspecified atom stereocenters. The number of carbonyl (C=O) groups is 2. The van der Waals surface area contributed by atoms with Gasteiger partial charge in [0.1, 0.15) is 5.75 Å². The van der Waals surface area contributed by atoms with E-state index in [1.165, 1.54) is 37.3 Å². The first-order chi connectivity index (χ1) is 14.5. The molecule has 2 aromatic carbocycles. The molecule has 8 nitrogen and oxygen atoms in total. The van der Waals surface area contributed by atoms with Gasteiger partial charge in [-0.3, -0.25) is 9.59 Å². The van der Waals surface area contributed by atoms with Crippen LogP contribution in [0.15, 0.2) is 34.8 Å². The van der Waals surface area contributed by atoms with Gasteiger partial charge < -0.3 is 4.74 Å². The Morgan fingerprint density at radius 3 is 2.61 bits per heavy atom. The summed E-state index contributed by atoms with van der Waals surface area (Å²) < 4.78 is 46.0. The minimum absolute atomic E-state index is 0.0729. The van der Waals surface area contributed by atoms with Crippen molar-refractivity contribution >= 4 is 61.3 Å². The van der Waals surface area contributed by atoms with Crippen LogP contribution < -0.4 is 9.46 Å². The molecular formula is C18H13BrCl2FN3O5S. The Morgan fingerprint density at radius 1 is 1.32 bits per heavy atom. The minimum Gasteiger partial charge on any atom is -0.453 e. The predicted octanol–water partition coefficient (Wildman–Crippen LogP) is 4.20. The number of nitriles is 1. The second-order valence-corrected chi connectivity index (χ2v) is 9.26. The second kappa shape index (κ2) is 10.3. The zero-order chi connectivity index (χ0) is 23.3. The Kier molecular flexibility index (Phi) is 8.25. The molecule has 0 aromatic heterocycles. The first-order valence-electron chi connectivity index (χ1n) is 8.38. The first-order valence-corrected chi connectivity index (χ1v) is 11.3. The number of hydrogen-bond acceptors (Lipinski definition) is 6. The van der Waals surface area contributed by atoms with Gasteiger partial charge in [-0.05, 0) is 40.2 Å². The highest BCUT2D eigenvalue weighted by Gasteiger charge is 2.27. The van der Waals surface area contributed by atoms with Crippen LogP contribution in [-0.2, 0) is 26.2 Å². The maximum absolute atomic E-state index is 15.0. The molecule has 31 heavy (non-hydrogen) atoms. The zero-order valence-corrected chi connectivity index (χ0v) is 19.6. The average Bonchev–Trinajstić information content (AvgIpc) is 2.71. The molecule has 2 amide bonds. The van der Waals surface area contributed by atoms with Crippen LogP contribution in [0.4, 0.5) is 4.39 Å². The summed E-state index contributed by atoms with van der Waals surface area (Å²) in [5, 5.41) is 9.21. The van der Waals surface area contributed by atoms with Gasteiger partial charge in [0.2, 0.25) is 5.91 Å². The normalized spacial score (nSPS) is 10.8. The molecule has 0 atom stereocenters. The Morgan fingerprint density at radius 2 is 2.00 bits per heavy atom. The fraction of sp³-hybridized carbons (Fsp3) is 0.167. The highest BCUT2D eigenvalue weighted by molar-refractivity contribution is 9.10. The smallest absolute Gasteiger partial charge is 0.342 e. The molecule has 13 heteroatoms. The molecule has 0 spiro atoms. The van der Waals surface area contributed by atoms with E-state index in [1.807, 2.05) is 6.07 Å². The van der Waals surface area contributed by atoms with Crippen LogP contribution in [0, 0.1) is 17.1 Å². The number of hydrogen-bond donors (Lipinski definition) is 1. The molecule has 0 aliphatic carbocycles. The Hall–Kier alpha value is -2.39. The number of amides is 2. The molecule has 0 aliphatic heterocycles. The third-order valence-corrected chi connectivity index (χ3v) is 6.34. The molecule has 2 aromatic rings. The summed E-state index contributed by atoms with van der Waals surface area (Å²) in [5.41, 5.74) is -0.0107. The molecule has 0 aliphatic rings. The van der Waals surface area contributed by atoms with Gasteiger partial charge >= 0.3 is 10.2 Å². The fourth-order valence-corrected chi connectivity index (χ4v) is 3.93. The maximum Gasteiger partial charge on any atom is 0.342 e. The van der Waals surface area contributed by atoms with Crippen LogP contribution in [-0.4, -0.2) is 24.1 Å². The zero-order valence-electron chi connectivity index (χ0n) is 15.7. The van der Waals surface area contributed by atoms with Gasteiger partial charge in [0.05, 0.1) is 22.5 Å². The van der Waals surface area contributed by atoms with E-state index < -0.39 is 34.3 Å². The summed E-state index contributed by atoms with van der Waals surface area (Å²) in [6, 6.07) is 8.61. The van der Waals surface area contributed by atoms with E-state index in [2.05, 4.69) is 15.9 Å². The van der Waals surface area contributed by atoms with Crippen molar-refractivity contribution in [3.8, 4) is 17.6 Å². The van der Waals surface area contributed by atoms with Crippen LogP contribution in [0.3, 0.4) is 0 Å². The number of carbonyl (C=O) groups excluding carboxylic acids is 2. The molecule has 0 fully saturated rings. The van der Waals surface area contributed by atoms with Gasteiger partial charge in [-0.2, -0.15) is 13.7 Å². The molecule has 0 radical (unpaired) electrons. The summed E-state index contributed by atoms with van der Waals surface area (Å²) >= 11 is 14.5. The summed E-state index contributed by atoms with van der Waals surface area (Å²) in [5.74, 6) is -3.27. The molecule has 0 saturated heterocycles. The summed E-state index contributed by atoms with van der Waals surface area (Å²) in [4.78, 5) is 23.5. The number of nitrogens with zero attached hydrogens (tertiary/aromatic N) is 2. The quantitative estimate of drug-likeness (QED) is 0.514. The third kappa shape index (κ3) is 6.30. The molecule has 0 heterocycles.